The molecular formula is C48H28N4. The maximum atomic E-state index is 5.57. The summed E-state index contributed by atoms with van der Waals surface area (Å²) in [4.78, 5) is 11.1. The number of para-hydroxylation sites is 2. The van der Waals surface area contributed by atoms with E-state index in [1.807, 2.05) is 0 Å². The van der Waals surface area contributed by atoms with E-state index >= 15 is 0 Å². The van der Waals surface area contributed by atoms with Crippen molar-refractivity contribution in [3.8, 4) is 28.2 Å². The third-order valence-electron chi connectivity index (χ3n) is 11.0. The van der Waals surface area contributed by atoms with Crippen LogP contribution in [0.15, 0.2) is 170 Å². The monoisotopic (exact) mass is 660 g/mol. The molecule has 0 N–H and O–H groups in total. The highest BCUT2D eigenvalue weighted by atomic mass is 15.1. The highest BCUT2D eigenvalue weighted by Gasteiger charge is 2.25. The van der Waals surface area contributed by atoms with Crippen molar-refractivity contribution in [3.63, 3.8) is 0 Å². The maximum absolute atomic E-state index is 5.57. The first-order valence-corrected chi connectivity index (χ1v) is 17.8. The quantitative estimate of drug-likeness (QED) is 0.177. The lowest BCUT2D eigenvalue weighted by atomic mass is 10.0. The van der Waals surface area contributed by atoms with Crippen molar-refractivity contribution in [2.24, 2.45) is 0 Å². The van der Waals surface area contributed by atoms with E-state index < -0.39 is 0 Å². The van der Waals surface area contributed by atoms with E-state index in [-0.39, 0.29) is 0 Å². The minimum Gasteiger partial charge on any atom is -0.308 e. The summed E-state index contributed by atoms with van der Waals surface area (Å²) >= 11 is 0. The zero-order valence-electron chi connectivity index (χ0n) is 28.0. The van der Waals surface area contributed by atoms with Gasteiger partial charge >= 0.3 is 0 Å². The Morgan fingerprint density at radius 3 is 1.87 bits per heavy atom. The van der Waals surface area contributed by atoms with Crippen LogP contribution in [-0.2, 0) is 0 Å². The Hall–Kier alpha value is -7.04. The molecule has 0 atom stereocenters. The minimum absolute atomic E-state index is 0.818. The lowest BCUT2D eigenvalue weighted by molar-refractivity contribution is 1.08. The van der Waals surface area contributed by atoms with Crippen LogP contribution in [0.4, 0.5) is 0 Å². The van der Waals surface area contributed by atoms with Gasteiger partial charge in [-0.1, -0.05) is 140 Å². The second-order valence-electron chi connectivity index (χ2n) is 13.8. The van der Waals surface area contributed by atoms with Gasteiger partial charge in [-0.15, -0.1) is 0 Å². The molecule has 0 saturated carbocycles. The molecule has 0 saturated heterocycles. The molecule has 8 aromatic carbocycles. The fourth-order valence-corrected chi connectivity index (χ4v) is 8.80. The smallest absolute Gasteiger partial charge is 0.165 e. The molecule has 0 radical (unpaired) electrons. The standard InChI is InChI=1S/C48H28N4/c1-3-13-29(14-4-1)32-27-41-44-42(28-32)52(48-45(31-16-5-2-6-17-31)50-46-33-18-8-7-15-30(33)25-26-38(46)49-48)40-24-12-20-35(43(40)44)37-22-11-21-36-34-19-9-10-23-39(34)51(41)47(36)37/h1-28H. The van der Waals surface area contributed by atoms with Crippen LogP contribution < -0.4 is 0 Å². The Labute approximate surface area is 297 Å². The van der Waals surface area contributed by atoms with Gasteiger partial charge in [0.2, 0.25) is 0 Å². The summed E-state index contributed by atoms with van der Waals surface area (Å²) in [7, 11) is 0. The van der Waals surface area contributed by atoms with Crippen molar-refractivity contribution in [1.29, 1.82) is 0 Å². The van der Waals surface area contributed by atoms with E-state index in [0.29, 0.717) is 0 Å². The summed E-state index contributed by atoms with van der Waals surface area (Å²) < 4.78 is 4.89. The van der Waals surface area contributed by atoms with Crippen molar-refractivity contribution < 1.29 is 0 Å². The molecule has 240 valence electrons. The predicted molar refractivity (Wildman–Crippen MR) is 217 cm³/mol. The molecule has 4 aromatic heterocycles. The molecule has 0 bridgehead atoms. The Bertz CT molecular complexity index is 3390. The van der Waals surface area contributed by atoms with E-state index in [0.717, 1.165) is 55.5 Å². The second kappa shape index (κ2) is 10.3. The van der Waals surface area contributed by atoms with Crippen LogP contribution in [0.25, 0.3) is 110 Å². The molecule has 4 nitrogen and oxygen atoms in total. The third kappa shape index (κ3) is 3.65. The van der Waals surface area contributed by atoms with E-state index in [9.17, 15) is 0 Å². The fraction of sp³-hybridized carbons (Fsp3) is 0. The number of rotatable bonds is 3. The van der Waals surface area contributed by atoms with E-state index in [1.54, 1.807) is 0 Å². The van der Waals surface area contributed by atoms with Crippen molar-refractivity contribution in [2.75, 3.05) is 0 Å². The van der Waals surface area contributed by atoms with Gasteiger partial charge in [0.1, 0.15) is 5.69 Å². The van der Waals surface area contributed by atoms with E-state index in [1.165, 1.54) is 54.4 Å². The Morgan fingerprint density at radius 2 is 1.02 bits per heavy atom. The molecular weight excluding hydrogens is 633 g/mol. The molecule has 12 rings (SSSR count). The predicted octanol–water partition coefficient (Wildman–Crippen LogP) is 12.4. The number of hydrogen-bond donors (Lipinski definition) is 0. The van der Waals surface area contributed by atoms with Gasteiger partial charge in [-0.25, -0.2) is 9.97 Å². The van der Waals surface area contributed by atoms with Gasteiger partial charge in [0, 0.05) is 37.9 Å². The molecule has 0 aliphatic rings. The Balaban J connectivity index is 1.35. The van der Waals surface area contributed by atoms with Crippen molar-refractivity contribution >= 4 is 81.7 Å². The topological polar surface area (TPSA) is 35.1 Å². The first-order chi connectivity index (χ1) is 25.8. The van der Waals surface area contributed by atoms with Crippen LogP contribution in [0.2, 0.25) is 0 Å². The molecule has 4 heterocycles. The molecule has 0 aliphatic heterocycles. The molecule has 0 unspecified atom stereocenters. The van der Waals surface area contributed by atoms with Crippen LogP contribution in [0.1, 0.15) is 0 Å². The summed E-state index contributed by atoms with van der Waals surface area (Å²) in [6.45, 7) is 0. The summed E-state index contributed by atoms with van der Waals surface area (Å²) in [5.41, 5.74) is 11.8. The van der Waals surface area contributed by atoms with Gasteiger partial charge in [0.15, 0.2) is 5.82 Å². The molecule has 12 aromatic rings. The van der Waals surface area contributed by atoms with Crippen molar-refractivity contribution in [1.82, 2.24) is 18.9 Å². The lowest BCUT2D eigenvalue weighted by Crippen LogP contribution is -2.04. The Morgan fingerprint density at radius 1 is 0.385 bits per heavy atom. The number of aromatic nitrogens is 4. The number of fused-ring (bicyclic) bond motifs is 8. The van der Waals surface area contributed by atoms with E-state index in [4.69, 9.17) is 9.97 Å². The molecule has 0 spiro atoms. The second-order valence-corrected chi connectivity index (χ2v) is 13.8. The van der Waals surface area contributed by atoms with Crippen LogP contribution in [0.5, 0.6) is 0 Å². The largest absolute Gasteiger partial charge is 0.308 e. The van der Waals surface area contributed by atoms with Gasteiger partial charge in [-0.05, 0) is 52.2 Å². The lowest BCUT2D eigenvalue weighted by Gasteiger charge is -2.15. The summed E-state index contributed by atoms with van der Waals surface area (Å²) in [6.07, 6.45) is 0. The number of benzene rings is 8. The first-order valence-electron chi connectivity index (χ1n) is 17.8. The zero-order chi connectivity index (χ0) is 33.9. The average molecular weight is 661 g/mol. The summed E-state index contributed by atoms with van der Waals surface area (Å²) in [5.74, 6) is 0.818. The number of nitrogens with zero attached hydrogens (tertiary/aromatic N) is 4. The van der Waals surface area contributed by atoms with Crippen molar-refractivity contribution in [2.45, 2.75) is 0 Å². The zero-order valence-corrected chi connectivity index (χ0v) is 28.0. The van der Waals surface area contributed by atoms with Crippen LogP contribution in [-0.4, -0.2) is 18.9 Å². The Kier molecular flexibility index (Phi) is 5.47. The third-order valence-corrected chi connectivity index (χ3v) is 11.0. The minimum atomic E-state index is 0.818. The molecule has 0 fully saturated rings. The van der Waals surface area contributed by atoms with Crippen LogP contribution in [0, 0.1) is 0 Å². The van der Waals surface area contributed by atoms with Gasteiger partial charge in [-0.2, -0.15) is 0 Å². The molecule has 4 heteroatoms. The number of hydrogen-bond acceptors (Lipinski definition) is 2. The van der Waals surface area contributed by atoms with Gasteiger partial charge in [0.25, 0.3) is 0 Å². The van der Waals surface area contributed by atoms with Crippen LogP contribution in [0.3, 0.4) is 0 Å². The molecule has 0 amide bonds. The molecule has 0 aliphatic carbocycles. The van der Waals surface area contributed by atoms with Crippen LogP contribution >= 0.6 is 0 Å². The van der Waals surface area contributed by atoms with Gasteiger partial charge in [0.05, 0.1) is 38.6 Å². The average Bonchev–Trinajstić information content (AvgIpc) is 3.69. The van der Waals surface area contributed by atoms with E-state index in [2.05, 4.69) is 179 Å². The van der Waals surface area contributed by atoms with Gasteiger partial charge in [-0.3, -0.25) is 4.57 Å². The fourth-order valence-electron chi connectivity index (χ4n) is 8.80. The summed E-state index contributed by atoms with van der Waals surface area (Å²) in [5, 5.41) is 9.67. The molecule has 52 heavy (non-hydrogen) atoms. The van der Waals surface area contributed by atoms with Gasteiger partial charge < -0.3 is 4.40 Å². The normalized spacial score (nSPS) is 12.2. The SMILES string of the molecule is c1ccc(-c2cc3c4c5c(cccc5n3-c3nc5ccc6ccccc6c5nc3-c3ccccc3)c3cccc5c6ccccc6n(c4c2)c35)cc1. The van der Waals surface area contributed by atoms with Crippen molar-refractivity contribution in [3.05, 3.63) is 170 Å². The summed E-state index contributed by atoms with van der Waals surface area (Å²) in [6, 6.07) is 61.1. The highest BCUT2D eigenvalue weighted by Crippen LogP contribution is 2.46. The maximum Gasteiger partial charge on any atom is 0.165 e. The highest BCUT2D eigenvalue weighted by molar-refractivity contribution is 6.31. The first kappa shape index (κ1) is 27.7.